The predicted octanol–water partition coefficient (Wildman–Crippen LogP) is 5.79. The van der Waals surface area contributed by atoms with E-state index in [0.29, 0.717) is 6.61 Å². The van der Waals surface area contributed by atoms with Crippen LogP contribution in [0.4, 0.5) is 5.13 Å². The van der Waals surface area contributed by atoms with Crippen LogP contribution in [0.2, 0.25) is 5.02 Å². The van der Waals surface area contributed by atoms with Crippen molar-refractivity contribution in [3.8, 4) is 5.75 Å². The van der Waals surface area contributed by atoms with E-state index >= 15 is 0 Å². The Morgan fingerprint density at radius 3 is 2.66 bits per heavy atom. The number of hydrogen-bond acceptors (Lipinski definition) is 6. The summed E-state index contributed by atoms with van der Waals surface area (Å²) in [5.74, 6) is -0.0547. The van der Waals surface area contributed by atoms with Gasteiger partial charge in [-0.15, -0.1) is 0 Å². The third kappa shape index (κ3) is 5.57. The SMILES string of the molecule is Cc1cc(CC(=O)O)cc(OCCC2(N3CCCC3)CCN(c3nc4ccc(Cl)cc4s3)CC2)c1. The van der Waals surface area contributed by atoms with Crippen LogP contribution in [0.15, 0.2) is 36.4 Å². The highest BCUT2D eigenvalue weighted by Gasteiger charge is 2.41. The summed E-state index contributed by atoms with van der Waals surface area (Å²) in [6, 6.07) is 11.7. The van der Waals surface area contributed by atoms with Gasteiger partial charge in [0.05, 0.1) is 23.2 Å². The van der Waals surface area contributed by atoms with Crippen molar-refractivity contribution < 1.29 is 14.6 Å². The van der Waals surface area contributed by atoms with Crippen molar-refractivity contribution >= 4 is 44.3 Å². The van der Waals surface area contributed by atoms with Crippen LogP contribution in [0, 0.1) is 6.92 Å². The summed E-state index contributed by atoms with van der Waals surface area (Å²) >= 11 is 7.90. The Kier molecular flexibility index (Phi) is 7.19. The average Bonchev–Trinajstić information content (AvgIpc) is 3.49. The summed E-state index contributed by atoms with van der Waals surface area (Å²) in [6.45, 7) is 6.90. The van der Waals surface area contributed by atoms with Gasteiger partial charge in [-0.3, -0.25) is 9.69 Å². The maximum atomic E-state index is 11.1. The molecule has 8 heteroatoms. The number of halogens is 1. The van der Waals surface area contributed by atoms with Gasteiger partial charge in [-0.1, -0.05) is 29.0 Å². The van der Waals surface area contributed by atoms with Crippen LogP contribution in [0.5, 0.6) is 5.75 Å². The van der Waals surface area contributed by atoms with Crippen molar-refractivity contribution in [3.05, 3.63) is 52.5 Å². The molecule has 0 atom stereocenters. The number of carbonyl (C=O) groups is 1. The number of likely N-dealkylation sites (tertiary alicyclic amines) is 1. The number of fused-ring (bicyclic) bond motifs is 1. The van der Waals surface area contributed by atoms with Crippen LogP contribution >= 0.6 is 22.9 Å². The smallest absolute Gasteiger partial charge is 0.307 e. The fourth-order valence-corrected chi connectivity index (χ4v) is 6.89. The molecule has 5 rings (SSSR count). The number of thiazole rings is 1. The summed E-state index contributed by atoms with van der Waals surface area (Å²) < 4.78 is 7.34. The number of carboxylic acid groups (broad SMARTS) is 1. The van der Waals surface area contributed by atoms with Crippen LogP contribution in [-0.2, 0) is 11.2 Å². The van der Waals surface area contributed by atoms with E-state index in [2.05, 4.69) is 9.80 Å². The zero-order chi connectivity index (χ0) is 24.4. The highest BCUT2D eigenvalue weighted by atomic mass is 35.5. The van der Waals surface area contributed by atoms with Crippen molar-refractivity contribution in [2.45, 2.75) is 51.0 Å². The number of benzene rings is 2. The number of nitrogens with zero attached hydrogens (tertiary/aromatic N) is 3. The topological polar surface area (TPSA) is 65.9 Å². The molecular formula is C27H32ClN3O3S. The Morgan fingerprint density at radius 2 is 1.91 bits per heavy atom. The molecule has 1 N–H and O–H groups in total. The fourth-order valence-electron chi connectivity index (χ4n) is 5.60. The normalized spacial score (nSPS) is 18.3. The lowest BCUT2D eigenvalue weighted by atomic mass is 9.83. The fraction of sp³-hybridized carbons (Fsp3) is 0.481. The lowest BCUT2D eigenvalue weighted by Gasteiger charge is -2.47. The van der Waals surface area contributed by atoms with Gasteiger partial charge < -0.3 is 14.7 Å². The van der Waals surface area contributed by atoms with Crippen molar-refractivity contribution in [2.24, 2.45) is 0 Å². The van der Waals surface area contributed by atoms with E-state index in [4.69, 9.17) is 26.4 Å². The second kappa shape index (κ2) is 10.3. The molecule has 0 unspecified atom stereocenters. The molecule has 0 bridgehead atoms. The lowest BCUT2D eigenvalue weighted by Crippen LogP contribution is -2.55. The first-order valence-corrected chi connectivity index (χ1v) is 13.6. The Hall–Kier alpha value is -2.35. The van der Waals surface area contributed by atoms with Gasteiger partial charge in [0.15, 0.2) is 5.13 Å². The summed E-state index contributed by atoms with van der Waals surface area (Å²) in [7, 11) is 0. The van der Waals surface area contributed by atoms with E-state index in [1.807, 2.05) is 43.3 Å². The quantitative estimate of drug-likeness (QED) is 0.411. The van der Waals surface area contributed by atoms with E-state index in [1.54, 1.807) is 11.3 Å². The number of anilines is 1. The maximum Gasteiger partial charge on any atom is 0.307 e. The number of rotatable bonds is 8. The number of hydrogen-bond donors (Lipinski definition) is 1. The maximum absolute atomic E-state index is 11.1. The molecular weight excluding hydrogens is 482 g/mol. The van der Waals surface area contributed by atoms with Gasteiger partial charge in [-0.25, -0.2) is 4.98 Å². The number of aliphatic carboxylic acids is 1. The van der Waals surface area contributed by atoms with Gasteiger partial charge in [-0.2, -0.15) is 0 Å². The van der Waals surface area contributed by atoms with Gasteiger partial charge in [0.25, 0.3) is 0 Å². The van der Waals surface area contributed by atoms with Gasteiger partial charge in [0.2, 0.25) is 0 Å². The molecule has 35 heavy (non-hydrogen) atoms. The summed E-state index contributed by atoms with van der Waals surface area (Å²) in [5.41, 5.74) is 2.96. The number of aryl methyl sites for hydroxylation is 1. The monoisotopic (exact) mass is 513 g/mol. The zero-order valence-corrected chi connectivity index (χ0v) is 21.7. The molecule has 2 aliphatic rings. The molecule has 0 aliphatic carbocycles. The van der Waals surface area contributed by atoms with Gasteiger partial charge in [0, 0.05) is 23.7 Å². The molecule has 3 aromatic rings. The van der Waals surface area contributed by atoms with Crippen molar-refractivity contribution in [3.63, 3.8) is 0 Å². The molecule has 3 heterocycles. The molecule has 0 saturated carbocycles. The summed E-state index contributed by atoms with van der Waals surface area (Å²) in [5, 5.41) is 11.0. The van der Waals surface area contributed by atoms with Crippen LogP contribution < -0.4 is 9.64 Å². The van der Waals surface area contributed by atoms with Crippen LogP contribution in [-0.4, -0.2) is 59.3 Å². The first-order chi connectivity index (χ1) is 16.9. The van der Waals surface area contributed by atoms with E-state index in [9.17, 15) is 4.79 Å². The molecule has 0 amide bonds. The third-order valence-electron chi connectivity index (χ3n) is 7.38. The van der Waals surface area contributed by atoms with E-state index in [0.717, 1.165) is 82.7 Å². The van der Waals surface area contributed by atoms with Gasteiger partial charge in [-0.05, 0) is 93.6 Å². The largest absolute Gasteiger partial charge is 0.494 e. The highest BCUT2D eigenvalue weighted by molar-refractivity contribution is 7.22. The van der Waals surface area contributed by atoms with Gasteiger partial charge in [0.1, 0.15) is 5.75 Å². The number of ether oxygens (including phenoxy) is 1. The minimum absolute atomic E-state index is 0.0174. The molecule has 0 spiro atoms. The molecule has 2 aliphatic heterocycles. The lowest BCUT2D eigenvalue weighted by molar-refractivity contribution is -0.136. The Labute approximate surface area is 215 Å². The average molecular weight is 514 g/mol. The number of carboxylic acids is 1. The third-order valence-corrected chi connectivity index (χ3v) is 8.70. The number of aromatic nitrogens is 1. The molecule has 2 saturated heterocycles. The molecule has 1 aromatic heterocycles. The summed E-state index contributed by atoms with van der Waals surface area (Å²) in [6.07, 6.45) is 5.70. The molecule has 6 nitrogen and oxygen atoms in total. The van der Waals surface area contributed by atoms with Crippen molar-refractivity contribution in [1.29, 1.82) is 0 Å². The van der Waals surface area contributed by atoms with E-state index in [-0.39, 0.29) is 12.0 Å². The van der Waals surface area contributed by atoms with Gasteiger partial charge >= 0.3 is 5.97 Å². The number of piperidine rings is 1. The van der Waals surface area contributed by atoms with E-state index in [1.165, 1.54) is 12.8 Å². The molecule has 2 aromatic carbocycles. The second-order valence-electron chi connectivity index (χ2n) is 9.84. The summed E-state index contributed by atoms with van der Waals surface area (Å²) in [4.78, 5) is 21.1. The first-order valence-electron chi connectivity index (χ1n) is 12.4. The highest BCUT2D eigenvalue weighted by Crippen LogP contribution is 2.38. The molecule has 186 valence electrons. The predicted molar refractivity (Wildman–Crippen MR) is 142 cm³/mol. The minimum atomic E-state index is -0.822. The van der Waals surface area contributed by atoms with Crippen LogP contribution in [0.25, 0.3) is 10.2 Å². The van der Waals surface area contributed by atoms with Crippen molar-refractivity contribution in [1.82, 2.24) is 9.88 Å². The Bertz CT molecular complexity index is 1200. The second-order valence-corrected chi connectivity index (χ2v) is 11.3. The van der Waals surface area contributed by atoms with Crippen molar-refractivity contribution in [2.75, 3.05) is 37.7 Å². The van der Waals surface area contributed by atoms with Crippen LogP contribution in [0.1, 0.15) is 43.2 Å². The van der Waals surface area contributed by atoms with Crippen LogP contribution in [0.3, 0.4) is 0 Å². The minimum Gasteiger partial charge on any atom is -0.494 e. The Balaban J connectivity index is 1.26. The molecule has 0 radical (unpaired) electrons. The van der Waals surface area contributed by atoms with E-state index < -0.39 is 5.97 Å². The Morgan fingerprint density at radius 1 is 1.14 bits per heavy atom. The standard InChI is InChI=1S/C27H32ClN3O3S/c1-19-14-20(17-25(32)33)16-22(15-19)34-13-8-27(31-9-2-3-10-31)6-11-30(12-7-27)26-29-23-5-4-21(28)18-24(23)35-26/h4-5,14-16,18H,2-3,6-13,17H2,1H3,(H,32,33). The molecule has 2 fully saturated rings. The first kappa shape index (κ1) is 24.3. The zero-order valence-electron chi connectivity index (χ0n) is 20.1.